The molecule has 2 aromatic carbocycles. The van der Waals surface area contributed by atoms with Crippen LogP contribution in [-0.2, 0) is 16.0 Å². The van der Waals surface area contributed by atoms with Gasteiger partial charge in [-0.3, -0.25) is 9.59 Å². The van der Waals surface area contributed by atoms with Gasteiger partial charge in [-0.15, -0.1) is 11.3 Å². The molecule has 7 nitrogen and oxygen atoms in total. The molecule has 1 amide bonds. The van der Waals surface area contributed by atoms with Crippen molar-refractivity contribution in [1.82, 2.24) is 9.78 Å². The number of para-hydroxylation sites is 1. The molecule has 0 saturated heterocycles. The SMILES string of the molecule is CCOC(=O)c1nn(-c2ccccc2F)c(=O)c2c(NC(=O)CCc3ccccc3)scc12. The molecule has 0 aliphatic rings. The molecular formula is C24H20FN3O4S. The Balaban J connectivity index is 1.75. The molecule has 0 unspecified atom stereocenters. The van der Waals surface area contributed by atoms with Gasteiger partial charge in [0.25, 0.3) is 5.56 Å². The Bertz CT molecular complexity index is 1380. The van der Waals surface area contributed by atoms with Crippen LogP contribution in [0.5, 0.6) is 0 Å². The Labute approximate surface area is 192 Å². The molecule has 0 aliphatic carbocycles. The minimum atomic E-state index is -0.743. The summed E-state index contributed by atoms with van der Waals surface area (Å²) in [4.78, 5) is 38.4. The van der Waals surface area contributed by atoms with E-state index in [9.17, 15) is 18.8 Å². The number of esters is 1. The van der Waals surface area contributed by atoms with Crippen molar-refractivity contribution in [2.75, 3.05) is 11.9 Å². The van der Waals surface area contributed by atoms with Crippen molar-refractivity contribution >= 4 is 39.0 Å². The largest absolute Gasteiger partial charge is 0.461 e. The lowest BCUT2D eigenvalue weighted by atomic mass is 10.1. The van der Waals surface area contributed by atoms with Crippen LogP contribution < -0.4 is 10.9 Å². The first kappa shape index (κ1) is 22.3. The predicted molar refractivity (Wildman–Crippen MR) is 125 cm³/mol. The van der Waals surface area contributed by atoms with Crippen LogP contribution in [0.3, 0.4) is 0 Å². The average molecular weight is 466 g/mol. The van der Waals surface area contributed by atoms with Crippen LogP contribution in [0.1, 0.15) is 29.4 Å². The molecular weight excluding hydrogens is 445 g/mol. The fourth-order valence-electron chi connectivity index (χ4n) is 3.37. The number of aromatic nitrogens is 2. The normalized spacial score (nSPS) is 10.8. The monoisotopic (exact) mass is 465 g/mol. The summed E-state index contributed by atoms with van der Waals surface area (Å²) >= 11 is 1.10. The molecule has 33 heavy (non-hydrogen) atoms. The van der Waals surface area contributed by atoms with Gasteiger partial charge in [0.05, 0.1) is 12.0 Å². The van der Waals surface area contributed by atoms with Crippen molar-refractivity contribution in [3.63, 3.8) is 0 Å². The summed E-state index contributed by atoms with van der Waals surface area (Å²) in [7, 11) is 0. The van der Waals surface area contributed by atoms with E-state index >= 15 is 0 Å². The quantitative estimate of drug-likeness (QED) is 0.410. The Hall–Kier alpha value is -3.85. The molecule has 2 heterocycles. The third-order valence-electron chi connectivity index (χ3n) is 4.94. The number of nitrogens with zero attached hydrogens (tertiary/aromatic N) is 2. The number of ether oxygens (including phenoxy) is 1. The number of amides is 1. The second-order valence-corrected chi connectivity index (χ2v) is 8.00. The third kappa shape index (κ3) is 4.68. The molecule has 0 fully saturated rings. The lowest BCUT2D eigenvalue weighted by Gasteiger charge is -2.10. The number of thiophene rings is 1. The minimum Gasteiger partial charge on any atom is -0.461 e. The van der Waals surface area contributed by atoms with Gasteiger partial charge in [0.1, 0.15) is 16.5 Å². The fourth-order valence-corrected chi connectivity index (χ4v) is 4.32. The van der Waals surface area contributed by atoms with Crippen molar-refractivity contribution < 1.29 is 18.7 Å². The number of carbonyl (C=O) groups is 2. The van der Waals surface area contributed by atoms with Gasteiger partial charge in [-0.1, -0.05) is 42.5 Å². The van der Waals surface area contributed by atoms with Gasteiger partial charge in [0, 0.05) is 17.2 Å². The smallest absolute Gasteiger partial charge is 0.359 e. The zero-order chi connectivity index (χ0) is 23.4. The number of aryl methyl sites for hydroxylation is 1. The number of rotatable bonds is 7. The van der Waals surface area contributed by atoms with Crippen LogP contribution in [0, 0.1) is 5.82 Å². The molecule has 1 N–H and O–H groups in total. The average Bonchev–Trinajstić information content (AvgIpc) is 3.23. The number of fused-ring (bicyclic) bond motifs is 1. The van der Waals surface area contributed by atoms with Gasteiger partial charge in [0.2, 0.25) is 5.91 Å². The van der Waals surface area contributed by atoms with E-state index in [4.69, 9.17) is 4.74 Å². The lowest BCUT2D eigenvalue weighted by molar-refractivity contribution is -0.116. The van der Waals surface area contributed by atoms with Crippen molar-refractivity contribution in [3.05, 3.63) is 87.4 Å². The molecule has 0 atom stereocenters. The Morgan fingerprint density at radius 1 is 1.12 bits per heavy atom. The van der Waals surface area contributed by atoms with Gasteiger partial charge in [0.15, 0.2) is 5.69 Å². The molecule has 168 valence electrons. The Morgan fingerprint density at radius 3 is 2.58 bits per heavy atom. The summed E-state index contributed by atoms with van der Waals surface area (Å²) in [5.74, 6) is -1.70. The first-order chi connectivity index (χ1) is 16.0. The molecule has 0 saturated carbocycles. The van der Waals surface area contributed by atoms with E-state index in [1.807, 2.05) is 30.3 Å². The number of halogens is 1. The highest BCUT2D eigenvalue weighted by Gasteiger charge is 2.24. The number of nitrogens with one attached hydrogen (secondary N) is 1. The van der Waals surface area contributed by atoms with Gasteiger partial charge < -0.3 is 10.1 Å². The van der Waals surface area contributed by atoms with Gasteiger partial charge in [-0.25, -0.2) is 9.18 Å². The first-order valence-corrected chi connectivity index (χ1v) is 11.2. The molecule has 0 bridgehead atoms. The van der Waals surface area contributed by atoms with Crippen LogP contribution in [0.15, 0.2) is 64.8 Å². The highest BCUT2D eigenvalue weighted by Crippen LogP contribution is 2.31. The Morgan fingerprint density at radius 2 is 1.85 bits per heavy atom. The number of hydrogen-bond donors (Lipinski definition) is 1. The molecule has 4 rings (SSSR count). The van der Waals surface area contributed by atoms with E-state index in [0.717, 1.165) is 21.6 Å². The van der Waals surface area contributed by atoms with Crippen molar-refractivity contribution in [3.8, 4) is 5.69 Å². The van der Waals surface area contributed by atoms with Crippen LogP contribution in [-0.4, -0.2) is 28.3 Å². The molecule has 0 radical (unpaired) electrons. The molecule has 2 aromatic heterocycles. The number of hydrogen-bond acceptors (Lipinski definition) is 6. The maximum Gasteiger partial charge on any atom is 0.359 e. The highest BCUT2D eigenvalue weighted by atomic mass is 32.1. The van der Waals surface area contributed by atoms with Gasteiger partial charge >= 0.3 is 5.97 Å². The van der Waals surface area contributed by atoms with Crippen molar-refractivity contribution in [2.45, 2.75) is 19.8 Å². The summed E-state index contributed by atoms with van der Waals surface area (Å²) < 4.78 is 20.4. The molecule has 4 aromatic rings. The maximum absolute atomic E-state index is 14.5. The first-order valence-electron chi connectivity index (χ1n) is 10.3. The molecule has 0 aliphatic heterocycles. The van der Waals surface area contributed by atoms with Crippen molar-refractivity contribution in [1.29, 1.82) is 0 Å². The topological polar surface area (TPSA) is 90.3 Å². The summed E-state index contributed by atoms with van der Waals surface area (Å²) in [6.45, 7) is 1.75. The van der Waals surface area contributed by atoms with Crippen LogP contribution >= 0.6 is 11.3 Å². The van der Waals surface area contributed by atoms with E-state index in [-0.39, 0.29) is 46.1 Å². The van der Waals surface area contributed by atoms with E-state index < -0.39 is 17.3 Å². The molecule has 9 heteroatoms. The van der Waals surface area contributed by atoms with E-state index in [1.54, 1.807) is 18.4 Å². The second kappa shape index (κ2) is 9.74. The van der Waals surface area contributed by atoms with E-state index in [1.165, 1.54) is 18.2 Å². The predicted octanol–water partition coefficient (Wildman–Crippen LogP) is 4.33. The summed E-state index contributed by atoms with van der Waals surface area (Å²) in [5, 5.41) is 9.02. The Kier molecular flexibility index (Phi) is 6.60. The van der Waals surface area contributed by atoms with E-state index in [2.05, 4.69) is 10.4 Å². The van der Waals surface area contributed by atoms with Crippen LogP contribution in [0.4, 0.5) is 9.39 Å². The molecule has 0 spiro atoms. The summed E-state index contributed by atoms with van der Waals surface area (Å²) in [6, 6.07) is 15.2. The lowest BCUT2D eigenvalue weighted by Crippen LogP contribution is -2.26. The minimum absolute atomic E-state index is 0.0781. The zero-order valence-electron chi connectivity index (χ0n) is 17.7. The maximum atomic E-state index is 14.5. The number of anilines is 1. The zero-order valence-corrected chi connectivity index (χ0v) is 18.5. The second-order valence-electron chi connectivity index (χ2n) is 7.12. The fraction of sp³-hybridized carbons (Fsp3) is 0.167. The third-order valence-corrected chi connectivity index (χ3v) is 5.83. The van der Waals surface area contributed by atoms with Crippen LogP contribution in [0.2, 0.25) is 0 Å². The number of benzene rings is 2. The van der Waals surface area contributed by atoms with Gasteiger partial charge in [-0.05, 0) is 31.0 Å². The summed E-state index contributed by atoms with van der Waals surface area (Å²) in [6.07, 6.45) is 0.742. The summed E-state index contributed by atoms with van der Waals surface area (Å²) in [5.41, 5.74) is 0.125. The number of carbonyl (C=O) groups excluding carboxylic acids is 2. The van der Waals surface area contributed by atoms with Crippen molar-refractivity contribution in [2.24, 2.45) is 0 Å². The highest BCUT2D eigenvalue weighted by molar-refractivity contribution is 7.16. The van der Waals surface area contributed by atoms with Gasteiger partial charge in [-0.2, -0.15) is 9.78 Å². The standard InChI is InChI=1S/C24H20FN3O4S/c1-2-32-24(31)21-16-14-33-22(26-19(29)13-12-15-8-4-3-5-9-15)20(16)23(30)28(27-21)18-11-7-6-10-17(18)25/h3-11,14H,2,12-13H2,1H3,(H,26,29). The van der Waals surface area contributed by atoms with E-state index in [0.29, 0.717) is 6.42 Å². The van der Waals surface area contributed by atoms with Crippen LogP contribution in [0.25, 0.3) is 16.5 Å².